The molecule has 6 heteroatoms. The highest BCUT2D eigenvalue weighted by Crippen LogP contribution is 2.12. The molecule has 0 bridgehead atoms. The van der Waals surface area contributed by atoms with Crippen molar-refractivity contribution in [3.8, 4) is 0 Å². The molecule has 0 spiro atoms. The Morgan fingerprint density at radius 1 is 1.14 bits per heavy atom. The van der Waals surface area contributed by atoms with E-state index in [1.54, 1.807) is 42.6 Å². The second-order valence-electron chi connectivity index (χ2n) is 4.42. The highest BCUT2D eigenvalue weighted by molar-refractivity contribution is 9.10. The first-order valence-electron chi connectivity index (χ1n) is 6.31. The largest absolute Gasteiger partial charge is 0.352 e. The van der Waals surface area contributed by atoms with Gasteiger partial charge in [0.25, 0.3) is 5.91 Å². The number of hydrogen-bond acceptors (Lipinski definition) is 3. The lowest BCUT2D eigenvalue weighted by Crippen LogP contribution is -2.19. The molecule has 5 nitrogen and oxygen atoms in total. The van der Waals surface area contributed by atoms with Crippen LogP contribution in [0.3, 0.4) is 0 Å². The molecule has 2 N–H and O–H groups in total. The van der Waals surface area contributed by atoms with Crippen molar-refractivity contribution < 1.29 is 9.59 Å². The van der Waals surface area contributed by atoms with Gasteiger partial charge in [-0.15, -0.1) is 0 Å². The third-order valence-electron chi connectivity index (χ3n) is 2.73. The van der Waals surface area contributed by atoms with E-state index in [4.69, 9.17) is 0 Å². The summed E-state index contributed by atoms with van der Waals surface area (Å²) >= 11 is 3.28. The van der Waals surface area contributed by atoms with Crippen molar-refractivity contribution >= 4 is 33.6 Å². The summed E-state index contributed by atoms with van der Waals surface area (Å²) in [7, 11) is 0. The van der Waals surface area contributed by atoms with Gasteiger partial charge >= 0.3 is 0 Å². The molecule has 2 amide bonds. The van der Waals surface area contributed by atoms with Gasteiger partial charge in [0.15, 0.2) is 0 Å². The van der Waals surface area contributed by atoms with Crippen LogP contribution in [0, 0.1) is 0 Å². The molecule has 0 unspecified atom stereocenters. The SMILES string of the molecule is CC(=O)NCc1ccc(C(=O)Nc2ccc(Br)cn2)cc1. The number of hydrogen-bond donors (Lipinski definition) is 2. The van der Waals surface area contributed by atoms with Crippen LogP contribution in [-0.4, -0.2) is 16.8 Å². The van der Waals surface area contributed by atoms with Crippen LogP contribution in [0.5, 0.6) is 0 Å². The zero-order valence-electron chi connectivity index (χ0n) is 11.4. The van der Waals surface area contributed by atoms with E-state index >= 15 is 0 Å². The zero-order chi connectivity index (χ0) is 15.2. The predicted molar refractivity (Wildman–Crippen MR) is 83.9 cm³/mol. The summed E-state index contributed by atoms with van der Waals surface area (Å²) in [5, 5.41) is 5.42. The molecule has 108 valence electrons. The summed E-state index contributed by atoms with van der Waals surface area (Å²) in [5.74, 6) is 0.180. The van der Waals surface area contributed by atoms with Crippen molar-refractivity contribution in [1.82, 2.24) is 10.3 Å². The van der Waals surface area contributed by atoms with Gasteiger partial charge in [-0.1, -0.05) is 12.1 Å². The Morgan fingerprint density at radius 3 is 2.43 bits per heavy atom. The van der Waals surface area contributed by atoms with Crippen LogP contribution in [0.1, 0.15) is 22.8 Å². The van der Waals surface area contributed by atoms with Gasteiger partial charge in [-0.2, -0.15) is 0 Å². The molecule has 2 aromatic rings. The quantitative estimate of drug-likeness (QED) is 0.893. The third-order valence-corrected chi connectivity index (χ3v) is 3.20. The zero-order valence-corrected chi connectivity index (χ0v) is 13.0. The number of anilines is 1. The van der Waals surface area contributed by atoms with Crippen LogP contribution >= 0.6 is 15.9 Å². The average molecular weight is 348 g/mol. The van der Waals surface area contributed by atoms with Gasteiger partial charge < -0.3 is 10.6 Å². The van der Waals surface area contributed by atoms with Crippen LogP contribution in [-0.2, 0) is 11.3 Å². The number of benzene rings is 1. The smallest absolute Gasteiger partial charge is 0.256 e. The topological polar surface area (TPSA) is 71.1 Å². The molecule has 0 radical (unpaired) electrons. The van der Waals surface area contributed by atoms with Crippen LogP contribution in [0.2, 0.25) is 0 Å². The lowest BCUT2D eigenvalue weighted by atomic mass is 10.1. The maximum absolute atomic E-state index is 12.0. The van der Waals surface area contributed by atoms with Gasteiger partial charge in [-0.3, -0.25) is 9.59 Å². The second kappa shape index (κ2) is 6.99. The number of carbonyl (C=O) groups excluding carboxylic acids is 2. The molecule has 1 aromatic heterocycles. The molecular formula is C15H14BrN3O2. The number of halogens is 1. The van der Waals surface area contributed by atoms with Gasteiger partial charge in [-0.25, -0.2) is 4.98 Å². The Balaban J connectivity index is 1.99. The molecule has 0 aliphatic heterocycles. The fourth-order valence-corrected chi connectivity index (χ4v) is 1.87. The lowest BCUT2D eigenvalue weighted by molar-refractivity contribution is -0.119. The van der Waals surface area contributed by atoms with E-state index in [2.05, 4.69) is 31.5 Å². The first-order valence-corrected chi connectivity index (χ1v) is 7.10. The molecule has 2 rings (SSSR count). The molecule has 1 aromatic carbocycles. The molecule has 1 heterocycles. The summed E-state index contributed by atoms with van der Waals surface area (Å²) in [5.41, 5.74) is 1.47. The highest BCUT2D eigenvalue weighted by atomic mass is 79.9. The Kier molecular flexibility index (Phi) is 5.05. The Bertz CT molecular complexity index is 639. The molecular weight excluding hydrogens is 334 g/mol. The fourth-order valence-electron chi connectivity index (χ4n) is 1.64. The minimum absolute atomic E-state index is 0.0851. The van der Waals surface area contributed by atoms with E-state index in [-0.39, 0.29) is 11.8 Å². The van der Waals surface area contributed by atoms with E-state index in [0.29, 0.717) is 17.9 Å². The van der Waals surface area contributed by atoms with E-state index in [1.807, 2.05) is 0 Å². The highest BCUT2D eigenvalue weighted by Gasteiger charge is 2.06. The van der Waals surface area contributed by atoms with Crippen molar-refractivity contribution in [2.45, 2.75) is 13.5 Å². The normalized spacial score (nSPS) is 10.0. The first kappa shape index (κ1) is 15.2. The van der Waals surface area contributed by atoms with Crippen molar-refractivity contribution in [3.63, 3.8) is 0 Å². The van der Waals surface area contributed by atoms with Gasteiger partial charge in [0, 0.05) is 29.7 Å². The summed E-state index contributed by atoms with van der Waals surface area (Å²) in [6, 6.07) is 10.6. The second-order valence-corrected chi connectivity index (χ2v) is 5.34. The van der Waals surface area contributed by atoms with Crippen LogP contribution in [0.15, 0.2) is 47.1 Å². The average Bonchev–Trinajstić information content (AvgIpc) is 2.48. The number of carbonyl (C=O) groups is 2. The molecule has 0 aliphatic rings. The van der Waals surface area contributed by atoms with E-state index in [1.165, 1.54) is 6.92 Å². The Morgan fingerprint density at radius 2 is 1.86 bits per heavy atom. The van der Waals surface area contributed by atoms with Gasteiger partial charge in [0.1, 0.15) is 5.82 Å². The van der Waals surface area contributed by atoms with E-state index in [0.717, 1.165) is 10.0 Å². The first-order chi connectivity index (χ1) is 10.0. The number of pyridine rings is 1. The number of nitrogens with zero attached hydrogens (tertiary/aromatic N) is 1. The standard InChI is InChI=1S/C15H14BrN3O2/c1-10(20)17-8-11-2-4-12(5-3-11)15(21)19-14-7-6-13(16)9-18-14/h2-7,9H,8H2,1H3,(H,17,20)(H,18,19,21). The summed E-state index contributed by atoms with van der Waals surface area (Å²) in [4.78, 5) is 27.0. The van der Waals surface area contributed by atoms with Crippen molar-refractivity contribution in [2.24, 2.45) is 0 Å². The molecule has 0 fully saturated rings. The molecule has 0 saturated heterocycles. The monoisotopic (exact) mass is 347 g/mol. The van der Waals surface area contributed by atoms with Crippen molar-refractivity contribution in [1.29, 1.82) is 0 Å². The van der Waals surface area contributed by atoms with Crippen LogP contribution < -0.4 is 10.6 Å². The maximum Gasteiger partial charge on any atom is 0.256 e. The minimum atomic E-state index is -0.226. The number of rotatable bonds is 4. The molecule has 0 saturated carbocycles. The van der Waals surface area contributed by atoms with Crippen LogP contribution in [0.4, 0.5) is 5.82 Å². The number of amides is 2. The van der Waals surface area contributed by atoms with Gasteiger partial charge in [0.05, 0.1) is 0 Å². The molecule has 0 atom stereocenters. The minimum Gasteiger partial charge on any atom is -0.352 e. The Hall–Kier alpha value is -2.21. The number of aromatic nitrogens is 1. The van der Waals surface area contributed by atoms with Gasteiger partial charge in [0.2, 0.25) is 5.91 Å². The van der Waals surface area contributed by atoms with Gasteiger partial charge in [-0.05, 0) is 45.8 Å². The van der Waals surface area contributed by atoms with E-state index in [9.17, 15) is 9.59 Å². The summed E-state index contributed by atoms with van der Waals surface area (Å²) < 4.78 is 0.850. The van der Waals surface area contributed by atoms with Crippen molar-refractivity contribution in [3.05, 3.63) is 58.2 Å². The summed E-state index contributed by atoms with van der Waals surface area (Å²) in [6.45, 7) is 1.92. The predicted octanol–water partition coefficient (Wildman–Crippen LogP) is 2.73. The lowest BCUT2D eigenvalue weighted by Gasteiger charge is -2.06. The van der Waals surface area contributed by atoms with E-state index < -0.39 is 0 Å². The molecule has 21 heavy (non-hydrogen) atoms. The molecule has 0 aliphatic carbocycles. The number of nitrogens with one attached hydrogen (secondary N) is 2. The summed E-state index contributed by atoms with van der Waals surface area (Å²) in [6.07, 6.45) is 1.62. The fraction of sp³-hybridized carbons (Fsp3) is 0.133. The third kappa shape index (κ3) is 4.68. The maximum atomic E-state index is 12.0. The van der Waals surface area contributed by atoms with Crippen LogP contribution in [0.25, 0.3) is 0 Å². The Labute approximate surface area is 130 Å². The van der Waals surface area contributed by atoms with Crippen molar-refractivity contribution in [2.75, 3.05) is 5.32 Å².